The first kappa shape index (κ1) is 20.6. The predicted molar refractivity (Wildman–Crippen MR) is 117 cm³/mol. The summed E-state index contributed by atoms with van der Waals surface area (Å²) in [4.78, 5) is 22.7. The molecule has 2 aromatic heterocycles. The number of thiophene rings is 1. The monoisotopic (exact) mass is 435 g/mol. The van der Waals surface area contributed by atoms with Gasteiger partial charge in [0.25, 0.3) is 5.91 Å². The Morgan fingerprint density at radius 2 is 2.21 bits per heavy atom. The third-order valence-electron chi connectivity index (χ3n) is 5.77. The van der Waals surface area contributed by atoms with E-state index in [9.17, 15) is 9.18 Å². The number of halogens is 1. The Bertz CT molecular complexity index is 961. The fourth-order valence-corrected chi connectivity index (χ4v) is 6.13. The highest BCUT2D eigenvalue weighted by molar-refractivity contribution is 7.96. The van der Waals surface area contributed by atoms with E-state index in [0.717, 1.165) is 30.0 Å². The van der Waals surface area contributed by atoms with Crippen LogP contribution in [0.3, 0.4) is 0 Å². The minimum atomic E-state index is -0.470. The molecule has 0 aromatic carbocycles. The Hall–Kier alpha value is -1.71. The van der Waals surface area contributed by atoms with E-state index >= 15 is 0 Å². The van der Waals surface area contributed by atoms with Crippen molar-refractivity contribution < 1.29 is 9.18 Å². The molecule has 2 aliphatic rings. The van der Waals surface area contributed by atoms with E-state index in [4.69, 9.17) is 0 Å². The van der Waals surface area contributed by atoms with Gasteiger partial charge in [-0.2, -0.15) is 0 Å². The topological polar surface area (TPSA) is 70.2 Å². The van der Waals surface area contributed by atoms with Crippen molar-refractivity contribution in [2.45, 2.75) is 45.7 Å². The molecule has 2 atom stereocenters. The molecule has 0 saturated carbocycles. The van der Waals surface area contributed by atoms with Gasteiger partial charge in [0.05, 0.1) is 22.2 Å². The number of aromatic nitrogens is 2. The lowest BCUT2D eigenvalue weighted by atomic mass is 9.95. The predicted octanol–water partition coefficient (Wildman–Crippen LogP) is 4.03. The van der Waals surface area contributed by atoms with Crippen LogP contribution in [0.25, 0.3) is 10.6 Å². The maximum atomic E-state index is 14.7. The average molecular weight is 436 g/mol. The van der Waals surface area contributed by atoms with Crippen molar-refractivity contribution in [2.24, 2.45) is 5.92 Å². The standard InChI is InChI=1S/C20H26FN5OS2/c1-10-9-26(28-5)7-6-13(10)23-19-22-8-12(21)15(24-19)16-11(2)14-17(29-16)20(3,4)25-18(14)27/h8,10,13H,6-7,9H2,1-5H3,(H,25,27)(H,22,23,24). The summed E-state index contributed by atoms with van der Waals surface area (Å²) in [6.07, 6.45) is 4.30. The summed E-state index contributed by atoms with van der Waals surface area (Å²) in [5.74, 6) is 0.298. The number of carbonyl (C=O) groups excluding carboxylic acids is 1. The number of nitrogens with one attached hydrogen (secondary N) is 2. The van der Waals surface area contributed by atoms with Gasteiger partial charge in [-0.15, -0.1) is 11.3 Å². The zero-order valence-corrected chi connectivity index (χ0v) is 18.9. The molecule has 0 bridgehead atoms. The second-order valence-corrected chi connectivity index (χ2v) is 10.2. The fourth-order valence-electron chi connectivity index (χ4n) is 4.11. The van der Waals surface area contributed by atoms with Crippen LogP contribution in [0.2, 0.25) is 0 Å². The van der Waals surface area contributed by atoms with Gasteiger partial charge in [-0.3, -0.25) is 9.10 Å². The number of hydrogen-bond donors (Lipinski definition) is 2. The fraction of sp³-hybridized carbons (Fsp3) is 0.550. The Balaban J connectivity index is 1.64. The van der Waals surface area contributed by atoms with Gasteiger partial charge in [0.1, 0.15) is 5.69 Å². The van der Waals surface area contributed by atoms with Crippen LogP contribution in [-0.2, 0) is 5.54 Å². The van der Waals surface area contributed by atoms with E-state index in [1.807, 2.05) is 20.8 Å². The van der Waals surface area contributed by atoms with E-state index in [0.29, 0.717) is 22.3 Å². The minimum absolute atomic E-state index is 0.104. The molecule has 0 radical (unpaired) electrons. The summed E-state index contributed by atoms with van der Waals surface area (Å²) in [5.41, 5.74) is 1.24. The molecular formula is C20H26FN5OS2. The van der Waals surface area contributed by atoms with Crippen molar-refractivity contribution in [1.82, 2.24) is 19.6 Å². The number of fused-ring (bicyclic) bond motifs is 1. The largest absolute Gasteiger partial charge is 0.351 e. The van der Waals surface area contributed by atoms with Gasteiger partial charge >= 0.3 is 0 Å². The molecule has 4 heterocycles. The molecule has 0 spiro atoms. The molecule has 156 valence electrons. The number of piperidine rings is 1. The van der Waals surface area contributed by atoms with E-state index in [2.05, 4.69) is 38.1 Å². The average Bonchev–Trinajstić information content (AvgIpc) is 3.13. The van der Waals surface area contributed by atoms with Crippen LogP contribution < -0.4 is 10.6 Å². The number of hydrogen-bond acceptors (Lipinski definition) is 7. The quantitative estimate of drug-likeness (QED) is 0.707. The van der Waals surface area contributed by atoms with Gasteiger partial charge < -0.3 is 10.6 Å². The molecule has 1 fully saturated rings. The minimum Gasteiger partial charge on any atom is -0.351 e. The molecule has 2 aromatic rings. The summed E-state index contributed by atoms with van der Waals surface area (Å²) in [7, 11) is 0. The van der Waals surface area contributed by atoms with E-state index in [-0.39, 0.29) is 17.6 Å². The second-order valence-electron chi connectivity index (χ2n) is 8.32. The third-order valence-corrected chi connectivity index (χ3v) is 8.24. The van der Waals surface area contributed by atoms with Crippen LogP contribution in [0.4, 0.5) is 10.3 Å². The number of nitrogens with zero attached hydrogens (tertiary/aromatic N) is 3. The molecule has 2 aliphatic heterocycles. The van der Waals surface area contributed by atoms with Gasteiger partial charge in [-0.25, -0.2) is 14.4 Å². The first-order valence-corrected chi connectivity index (χ1v) is 11.8. The first-order chi connectivity index (χ1) is 13.7. The molecule has 0 aliphatic carbocycles. The van der Waals surface area contributed by atoms with Gasteiger partial charge in [0.2, 0.25) is 5.95 Å². The van der Waals surface area contributed by atoms with Crippen LogP contribution in [-0.4, -0.2) is 45.6 Å². The summed E-state index contributed by atoms with van der Waals surface area (Å²) in [6.45, 7) is 9.98. The molecule has 2 unspecified atom stereocenters. The number of rotatable bonds is 4. The lowest BCUT2D eigenvalue weighted by Crippen LogP contribution is -2.42. The highest BCUT2D eigenvalue weighted by Crippen LogP contribution is 2.44. The number of carbonyl (C=O) groups is 1. The number of anilines is 1. The summed E-state index contributed by atoms with van der Waals surface area (Å²) in [5, 5.41) is 6.39. The molecule has 4 rings (SSSR count). The first-order valence-electron chi connectivity index (χ1n) is 9.76. The molecular weight excluding hydrogens is 409 g/mol. The Labute approximate surface area is 178 Å². The number of amides is 1. The highest BCUT2D eigenvalue weighted by atomic mass is 32.2. The van der Waals surface area contributed by atoms with Gasteiger partial charge in [0, 0.05) is 24.0 Å². The normalized spacial score (nSPS) is 23.7. The van der Waals surface area contributed by atoms with Gasteiger partial charge in [-0.05, 0) is 44.9 Å². The van der Waals surface area contributed by atoms with Crippen molar-refractivity contribution in [3.63, 3.8) is 0 Å². The molecule has 9 heteroatoms. The van der Waals surface area contributed by atoms with Crippen molar-refractivity contribution in [3.05, 3.63) is 28.0 Å². The Morgan fingerprint density at radius 3 is 2.86 bits per heavy atom. The van der Waals surface area contributed by atoms with Crippen molar-refractivity contribution >= 4 is 35.1 Å². The molecule has 6 nitrogen and oxygen atoms in total. The maximum Gasteiger partial charge on any atom is 0.253 e. The van der Waals surface area contributed by atoms with Crippen LogP contribution in [0.5, 0.6) is 0 Å². The third kappa shape index (κ3) is 3.64. The van der Waals surface area contributed by atoms with E-state index in [1.165, 1.54) is 17.5 Å². The van der Waals surface area contributed by atoms with Crippen LogP contribution in [0.15, 0.2) is 6.20 Å². The smallest absolute Gasteiger partial charge is 0.253 e. The maximum absolute atomic E-state index is 14.7. The molecule has 1 saturated heterocycles. The van der Waals surface area contributed by atoms with Gasteiger partial charge in [-0.1, -0.05) is 18.9 Å². The molecule has 2 N–H and O–H groups in total. The van der Waals surface area contributed by atoms with E-state index < -0.39 is 11.4 Å². The zero-order valence-electron chi connectivity index (χ0n) is 17.3. The Morgan fingerprint density at radius 1 is 1.45 bits per heavy atom. The highest BCUT2D eigenvalue weighted by Gasteiger charge is 2.40. The zero-order chi connectivity index (χ0) is 20.9. The summed E-state index contributed by atoms with van der Waals surface area (Å²) in [6, 6.07) is 0.246. The SMILES string of the molecule is CSN1CCC(Nc2ncc(F)c(-c3sc4c(c3C)C(=O)NC4(C)C)n2)C(C)C1. The lowest BCUT2D eigenvalue weighted by Gasteiger charge is -2.35. The van der Waals surface area contributed by atoms with Gasteiger partial charge in [0.15, 0.2) is 5.82 Å². The van der Waals surface area contributed by atoms with Crippen molar-refractivity contribution in [1.29, 1.82) is 0 Å². The van der Waals surface area contributed by atoms with Crippen molar-refractivity contribution in [3.8, 4) is 10.6 Å². The van der Waals surface area contributed by atoms with E-state index in [1.54, 1.807) is 11.9 Å². The second kappa shape index (κ2) is 7.52. The van der Waals surface area contributed by atoms with Crippen LogP contribution >= 0.6 is 23.3 Å². The summed E-state index contributed by atoms with van der Waals surface area (Å²) >= 11 is 3.20. The lowest BCUT2D eigenvalue weighted by molar-refractivity contribution is 0.0940. The van der Waals surface area contributed by atoms with Crippen molar-refractivity contribution in [2.75, 3.05) is 24.7 Å². The van der Waals surface area contributed by atoms with Crippen LogP contribution in [0, 0.1) is 18.7 Å². The Kier molecular flexibility index (Phi) is 5.33. The molecule has 29 heavy (non-hydrogen) atoms. The van der Waals surface area contributed by atoms with Crippen LogP contribution in [0.1, 0.15) is 48.0 Å². The molecule has 1 amide bonds. The summed E-state index contributed by atoms with van der Waals surface area (Å²) < 4.78 is 17.0.